The highest BCUT2D eigenvalue weighted by atomic mass is 16.5. The third kappa shape index (κ3) is 2.69. The normalized spacial score (nSPS) is 12.0. The van der Waals surface area contributed by atoms with Crippen LogP contribution in [0.25, 0.3) is 10.9 Å². The van der Waals surface area contributed by atoms with E-state index in [1.807, 2.05) is 24.3 Å². The summed E-state index contributed by atoms with van der Waals surface area (Å²) < 4.78 is 5.27. The minimum Gasteiger partial charge on any atom is -0.443 e. The zero-order chi connectivity index (χ0) is 15.5. The summed E-state index contributed by atoms with van der Waals surface area (Å²) in [5.74, 6) is -1.33. The van der Waals surface area contributed by atoms with E-state index < -0.39 is 18.0 Å². The van der Waals surface area contributed by atoms with Gasteiger partial charge in [0, 0.05) is 16.5 Å². The summed E-state index contributed by atoms with van der Waals surface area (Å²) in [4.78, 5) is 26.8. The van der Waals surface area contributed by atoms with Crippen LogP contribution in [0.5, 0.6) is 0 Å². The van der Waals surface area contributed by atoms with Crippen molar-refractivity contribution in [3.63, 3.8) is 0 Å². The number of nitrogens with two attached hydrogens (primary N) is 1. The lowest BCUT2D eigenvalue weighted by atomic mass is 10.1. The van der Waals surface area contributed by atoms with Crippen molar-refractivity contribution >= 4 is 22.8 Å². The third-order valence-electron chi connectivity index (χ3n) is 3.34. The van der Waals surface area contributed by atoms with E-state index >= 15 is 0 Å². The van der Waals surface area contributed by atoms with Crippen LogP contribution >= 0.6 is 0 Å². The molecule has 0 radical (unpaired) electrons. The number of carbonyl (C=O) groups is 2. The summed E-state index contributed by atoms with van der Waals surface area (Å²) in [5, 5.41) is 0.893. The van der Waals surface area contributed by atoms with Gasteiger partial charge in [-0.3, -0.25) is 4.79 Å². The topological polar surface area (TPSA) is 85.2 Å². The Balaban J connectivity index is 1.86. The van der Waals surface area contributed by atoms with Crippen LogP contribution in [0.2, 0.25) is 0 Å². The molecule has 0 aliphatic carbocycles. The molecule has 0 fully saturated rings. The van der Waals surface area contributed by atoms with E-state index in [4.69, 9.17) is 10.5 Å². The summed E-state index contributed by atoms with van der Waals surface area (Å²) >= 11 is 0. The number of H-pyrrole nitrogens is 1. The average Bonchev–Trinajstić information content (AvgIpc) is 2.97. The van der Waals surface area contributed by atoms with Gasteiger partial charge in [0.15, 0.2) is 0 Å². The number of aromatic nitrogens is 1. The Morgan fingerprint density at radius 1 is 1.00 bits per heavy atom. The molecule has 110 valence electrons. The molecule has 0 saturated carbocycles. The van der Waals surface area contributed by atoms with Crippen LogP contribution in [-0.4, -0.2) is 16.9 Å². The SMILES string of the molecule is NC(=O)[C@H](OC(=O)c1cc2ccccc2[nH]1)c1ccccc1. The van der Waals surface area contributed by atoms with Gasteiger partial charge in [-0.05, 0) is 12.1 Å². The number of esters is 1. The van der Waals surface area contributed by atoms with Crippen LogP contribution in [0.3, 0.4) is 0 Å². The summed E-state index contributed by atoms with van der Waals surface area (Å²) in [6.45, 7) is 0. The molecule has 3 rings (SSSR count). The van der Waals surface area contributed by atoms with Gasteiger partial charge in [-0.15, -0.1) is 0 Å². The molecule has 0 aliphatic heterocycles. The first-order valence-corrected chi connectivity index (χ1v) is 6.78. The quantitative estimate of drug-likeness (QED) is 0.725. The number of hydrogen-bond acceptors (Lipinski definition) is 3. The Bertz CT molecular complexity index is 791. The third-order valence-corrected chi connectivity index (χ3v) is 3.34. The number of fused-ring (bicyclic) bond motifs is 1. The van der Waals surface area contributed by atoms with Crippen molar-refractivity contribution in [1.29, 1.82) is 0 Å². The second kappa shape index (κ2) is 5.73. The molecule has 0 bridgehead atoms. The highest BCUT2D eigenvalue weighted by Gasteiger charge is 2.24. The Kier molecular flexibility index (Phi) is 3.62. The minimum absolute atomic E-state index is 0.281. The number of aromatic amines is 1. The summed E-state index contributed by atoms with van der Waals surface area (Å²) in [6, 6.07) is 17.8. The molecule has 0 saturated heterocycles. The zero-order valence-corrected chi connectivity index (χ0v) is 11.7. The molecule has 2 aromatic carbocycles. The first-order valence-electron chi connectivity index (χ1n) is 6.78. The van der Waals surface area contributed by atoms with E-state index in [0.29, 0.717) is 5.56 Å². The standard InChI is InChI=1S/C17H14N2O3/c18-16(20)15(11-6-2-1-3-7-11)22-17(21)14-10-12-8-4-5-9-13(12)19-14/h1-10,15,19H,(H2,18,20)/t15-/m1/s1. The van der Waals surface area contributed by atoms with E-state index in [1.54, 1.807) is 36.4 Å². The maximum absolute atomic E-state index is 12.2. The smallest absolute Gasteiger partial charge is 0.355 e. The van der Waals surface area contributed by atoms with E-state index in [9.17, 15) is 9.59 Å². The van der Waals surface area contributed by atoms with Gasteiger partial charge >= 0.3 is 5.97 Å². The second-order valence-corrected chi connectivity index (χ2v) is 4.87. The maximum Gasteiger partial charge on any atom is 0.355 e. The number of ether oxygens (including phenoxy) is 1. The maximum atomic E-state index is 12.2. The molecule has 22 heavy (non-hydrogen) atoms. The molecule has 1 amide bonds. The van der Waals surface area contributed by atoms with Crippen LogP contribution < -0.4 is 5.73 Å². The molecule has 0 spiro atoms. The van der Waals surface area contributed by atoms with E-state index in [1.165, 1.54) is 0 Å². The van der Waals surface area contributed by atoms with Gasteiger partial charge in [-0.1, -0.05) is 48.5 Å². The molecular weight excluding hydrogens is 280 g/mol. The number of primary amides is 1. The molecule has 1 atom stereocenters. The number of hydrogen-bond donors (Lipinski definition) is 2. The van der Waals surface area contributed by atoms with Gasteiger partial charge in [0.05, 0.1) is 0 Å². The Hall–Kier alpha value is -3.08. The highest BCUT2D eigenvalue weighted by molar-refractivity contribution is 5.96. The van der Waals surface area contributed by atoms with Crippen molar-refractivity contribution in [3.8, 4) is 0 Å². The summed E-state index contributed by atoms with van der Waals surface area (Å²) in [7, 11) is 0. The number of benzene rings is 2. The van der Waals surface area contributed by atoms with Crippen molar-refractivity contribution in [2.45, 2.75) is 6.10 Å². The van der Waals surface area contributed by atoms with Gasteiger partial charge in [-0.2, -0.15) is 0 Å². The van der Waals surface area contributed by atoms with Crippen molar-refractivity contribution in [2.24, 2.45) is 5.73 Å². The first-order chi connectivity index (χ1) is 10.6. The fourth-order valence-corrected chi connectivity index (χ4v) is 2.27. The molecule has 0 aliphatic rings. The lowest BCUT2D eigenvalue weighted by Crippen LogP contribution is -2.26. The monoisotopic (exact) mass is 294 g/mol. The Morgan fingerprint density at radius 3 is 2.36 bits per heavy atom. The number of para-hydroxylation sites is 1. The molecule has 1 aromatic heterocycles. The van der Waals surface area contributed by atoms with Gasteiger partial charge in [-0.25, -0.2) is 4.79 Å². The lowest BCUT2D eigenvalue weighted by Gasteiger charge is -2.14. The van der Waals surface area contributed by atoms with E-state index in [-0.39, 0.29) is 5.69 Å². The molecule has 3 aromatic rings. The molecule has 1 heterocycles. The number of nitrogens with one attached hydrogen (secondary N) is 1. The predicted molar refractivity (Wildman–Crippen MR) is 82.1 cm³/mol. The van der Waals surface area contributed by atoms with Crippen molar-refractivity contribution in [2.75, 3.05) is 0 Å². The van der Waals surface area contributed by atoms with Crippen LogP contribution in [0.1, 0.15) is 22.2 Å². The van der Waals surface area contributed by atoms with E-state index in [2.05, 4.69) is 4.98 Å². The first kappa shape index (κ1) is 13.9. The number of amides is 1. The number of rotatable bonds is 4. The Morgan fingerprint density at radius 2 is 1.68 bits per heavy atom. The summed E-state index contributed by atoms with van der Waals surface area (Å²) in [6.07, 6.45) is -1.11. The molecule has 3 N–H and O–H groups in total. The van der Waals surface area contributed by atoms with Crippen molar-refractivity contribution in [1.82, 2.24) is 4.98 Å². The molecule has 5 nitrogen and oxygen atoms in total. The van der Waals surface area contributed by atoms with Gasteiger partial charge in [0.25, 0.3) is 5.91 Å². The van der Waals surface area contributed by atoms with Crippen LogP contribution in [0, 0.1) is 0 Å². The van der Waals surface area contributed by atoms with Gasteiger partial charge < -0.3 is 15.5 Å². The molecule has 5 heteroatoms. The Labute approximate surface area is 126 Å². The van der Waals surface area contributed by atoms with Crippen LogP contribution in [-0.2, 0) is 9.53 Å². The number of carbonyl (C=O) groups excluding carboxylic acids is 2. The largest absolute Gasteiger partial charge is 0.443 e. The fourth-order valence-electron chi connectivity index (χ4n) is 2.27. The van der Waals surface area contributed by atoms with Gasteiger partial charge in [0.2, 0.25) is 6.10 Å². The van der Waals surface area contributed by atoms with Gasteiger partial charge in [0.1, 0.15) is 5.69 Å². The zero-order valence-electron chi connectivity index (χ0n) is 11.7. The molecular formula is C17H14N2O3. The summed E-state index contributed by atoms with van der Waals surface area (Å²) in [5.41, 5.74) is 6.99. The van der Waals surface area contributed by atoms with Crippen molar-refractivity contribution < 1.29 is 14.3 Å². The highest BCUT2D eigenvalue weighted by Crippen LogP contribution is 2.20. The van der Waals surface area contributed by atoms with Crippen LogP contribution in [0.15, 0.2) is 60.7 Å². The minimum atomic E-state index is -1.11. The van der Waals surface area contributed by atoms with Crippen molar-refractivity contribution in [3.05, 3.63) is 71.9 Å². The fraction of sp³-hybridized carbons (Fsp3) is 0.0588. The van der Waals surface area contributed by atoms with E-state index in [0.717, 1.165) is 10.9 Å². The lowest BCUT2D eigenvalue weighted by molar-refractivity contribution is -0.127. The van der Waals surface area contributed by atoms with Crippen LogP contribution in [0.4, 0.5) is 0 Å². The second-order valence-electron chi connectivity index (χ2n) is 4.87. The predicted octanol–water partition coefficient (Wildman–Crippen LogP) is 2.55. The molecule has 0 unspecified atom stereocenters. The average molecular weight is 294 g/mol.